The van der Waals surface area contributed by atoms with Crippen LogP contribution < -0.4 is 4.74 Å². The van der Waals surface area contributed by atoms with Crippen molar-refractivity contribution < 1.29 is 4.74 Å². The van der Waals surface area contributed by atoms with E-state index in [-0.39, 0.29) is 0 Å². The number of rotatable bonds is 2. The molecule has 58 valence electrons. The second kappa shape index (κ2) is 2.91. The molecule has 0 radical (unpaired) electrons. The van der Waals surface area contributed by atoms with Crippen molar-refractivity contribution in [2.45, 2.75) is 25.4 Å². The molecule has 1 aromatic heterocycles. The van der Waals surface area contributed by atoms with Crippen LogP contribution in [0.4, 0.5) is 0 Å². The van der Waals surface area contributed by atoms with Crippen molar-refractivity contribution in [1.82, 2.24) is 4.98 Å². The highest BCUT2D eigenvalue weighted by atomic mass is 16.5. The van der Waals surface area contributed by atoms with Gasteiger partial charge in [0.1, 0.15) is 6.10 Å². The number of pyridine rings is 1. The molecule has 1 fully saturated rings. The van der Waals surface area contributed by atoms with Crippen molar-refractivity contribution >= 4 is 0 Å². The molecule has 11 heavy (non-hydrogen) atoms. The molecule has 0 amide bonds. The lowest BCUT2D eigenvalue weighted by Gasteiger charge is -2.25. The lowest BCUT2D eigenvalue weighted by Crippen LogP contribution is -2.24. The molecule has 2 rings (SSSR count). The Morgan fingerprint density at radius 2 is 2.27 bits per heavy atom. The molecule has 1 heterocycles. The SMILES string of the molecule is c1ccc(OC2CCC2)nc1. The van der Waals surface area contributed by atoms with E-state index in [1.54, 1.807) is 6.20 Å². The van der Waals surface area contributed by atoms with Crippen molar-refractivity contribution in [3.05, 3.63) is 24.4 Å². The topological polar surface area (TPSA) is 22.1 Å². The second-order valence-corrected chi connectivity index (χ2v) is 2.84. The van der Waals surface area contributed by atoms with Gasteiger partial charge < -0.3 is 4.74 Å². The van der Waals surface area contributed by atoms with E-state index in [0.29, 0.717) is 6.10 Å². The first-order chi connectivity index (χ1) is 5.45. The summed E-state index contributed by atoms with van der Waals surface area (Å²) in [7, 11) is 0. The molecule has 1 aliphatic carbocycles. The van der Waals surface area contributed by atoms with Crippen LogP contribution in [0.5, 0.6) is 5.88 Å². The second-order valence-electron chi connectivity index (χ2n) is 2.84. The zero-order chi connectivity index (χ0) is 7.52. The highest BCUT2D eigenvalue weighted by Gasteiger charge is 2.18. The fraction of sp³-hybridized carbons (Fsp3) is 0.444. The van der Waals surface area contributed by atoms with E-state index in [9.17, 15) is 0 Å². The molecule has 0 bridgehead atoms. The largest absolute Gasteiger partial charge is 0.474 e. The smallest absolute Gasteiger partial charge is 0.213 e. The van der Waals surface area contributed by atoms with Crippen LogP contribution in [0.15, 0.2) is 24.4 Å². The van der Waals surface area contributed by atoms with E-state index in [2.05, 4.69) is 4.98 Å². The standard InChI is InChI=1S/C9H11NO/c1-2-7-10-9(6-1)11-8-4-3-5-8/h1-2,6-8H,3-5H2. The quantitative estimate of drug-likeness (QED) is 0.641. The van der Waals surface area contributed by atoms with Gasteiger partial charge in [-0.05, 0) is 25.3 Å². The molecule has 1 aliphatic rings. The Balaban J connectivity index is 1.95. The van der Waals surface area contributed by atoms with Gasteiger partial charge in [-0.15, -0.1) is 0 Å². The molecule has 1 saturated carbocycles. The van der Waals surface area contributed by atoms with Gasteiger partial charge in [0, 0.05) is 12.3 Å². The molecule has 0 aliphatic heterocycles. The molecule has 2 heteroatoms. The Bertz CT molecular complexity index is 218. The monoisotopic (exact) mass is 149 g/mol. The maximum absolute atomic E-state index is 5.54. The van der Waals surface area contributed by atoms with Gasteiger partial charge in [-0.1, -0.05) is 6.07 Å². The first-order valence-electron chi connectivity index (χ1n) is 4.03. The molecule has 0 spiro atoms. The Kier molecular flexibility index (Phi) is 1.76. The third-order valence-electron chi connectivity index (χ3n) is 1.98. The minimum absolute atomic E-state index is 0.435. The molecule has 1 aromatic rings. The number of hydrogen-bond donors (Lipinski definition) is 0. The van der Waals surface area contributed by atoms with Gasteiger partial charge in [-0.3, -0.25) is 0 Å². The van der Waals surface area contributed by atoms with Crippen LogP contribution in [0.3, 0.4) is 0 Å². The van der Waals surface area contributed by atoms with Crippen LogP contribution in [-0.2, 0) is 0 Å². The zero-order valence-corrected chi connectivity index (χ0v) is 6.36. The molecular weight excluding hydrogens is 138 g/mol. The van der Waals surface area contributed by atoms with Crippen LogP contribution in [0.1, 0.15) is 19.3 Å². The summed E-state index contributed by atoms with van der Waals surface area (Å²) in [6.45, 7) is 0. The first-order valence-corrected chi connectivity index (χ1v) is 4.03. The van der Waals surface area contributed by atoms with Gasteiger partial charge in [-0.25, -0.2) is 4.98 Å². The lowest BCUT2D eigenvalue weighted by atomic mass is 9.96. The van der Waals surface area contributed by atoms with Crippen LogP contribution in [0, 0.1) is 0 Å². The van der Waals surface area contributed by atoms with Crippen molar-refractivity contribution in [1.29, 1.82) is 0 Å². The zero-order valence-electron chi connectivity index (χ0n) is 6.36. The molecular formula is C9H11NO. The predicted octanol–water partition coefficient (Wildman–Crippen LogP) is 2.01. The predicted molar refractivity (Wildman–Crippen MR) is 42.5 cm³/mol. The Morgan fingerprint density at radius 3 is 2.82 bits per heavy atom. The molecule has 0 aromatic carbocycles. The highest BCUT2D eigenvalue weighted by molar-refractivity contribution is 5.09. The number of ether oxygens (including phenoxy) is 1. The third-order valence-corrected chi connectivity index (χ3v) is 1.98. The molecule has 0 N–H and O–H groups in total. The third kappa shape index (κ3) is 1.50. The Labute approximate surface area is 66.2 Å². The van der Waals surface area contributed by atoms with Crippen molar-refractivity contribution in [3.63, 3.8) is 0 Å². The van der Waals surface area contributed by atoms with Crippen LogP contribution in [-0.4, -0.2) is 11.1 Å². The molecule has 0 unspecified atom stereocenters. The minimum atomic E-state index is 0.435. The van der Waals surface area contributed by atoms with Crippen molar-refractivity contribution in [2.75, 3.05) is 0 Å². The number of aromatic nitrogens is 1. The van der Waals surface area contributed by atoms with Gasteiger partial charge >= 0.3 is 0 Å². The fourth-order valence-corrected chi connectivity index (χ4v) is 1.08. The maximum Gasteiger partial charge on any atom is 0.213 e. The van der Waals surface area contributed by atoms with Gasteiger partial charge in [0.2, 0.25) is 5.88 Å². The first kappa shape index (κ1) is 6.65. The Hall–Kier alpha value is -1.05. The van der Waals surface area contributed by atoms with E-state index in [4.69, 9.17) is 4.74 Å². The van der Waals surface area contributed by atoms with Gasteiger partial charge in [0.25, 0.3) is 0 Å². The summed E-state index contributed by atoms with van der Waals surface area (Å²) in [5.74, 6) is 0.761. The number of nitrogens with zero attached hydrogens (tertiary/aromatic N) is 1. The summed E-state index contributed by atoms with van der Waals surface area (Å²) in [6.07, 6.45) is 5.88. The van der Waals surface area contributed by atoms with E-state index in [0.717, 1.165) is 5.88 Å². The van der Waals surface area contributed by atoms with E-state index in [1.165, 1.54) is 19.3 Å². The summed E-state index contributed by atoms with van der Waals surface area (Å²) >= 11 is 0. The summed E-state index contributed by atoms with van der Waals surface area (Å²) in [4.78, 5) is 4.08. The average Bonchev–Trinajstić information content (AvgIpc) is 1.99. The maximum atomic E-state index is 5.54. The summed E-state index contributed by atoms with van der Waals surface area (Å²) in [5, 5.41) is 0. The lowest BCUT2D eigenvalue weighted by molar-refractivity contribution is 0.114. The normalized spacial score (nSPS) is 17.5. The van der Waals surface area contributed by atoms with Crippen molar-refractivity contribution in [3.8, 4) is 5.88 Å². The summed E-state index contributed by atoms with van der Waals surface area (Å²) in [6, 6.07) is 5.74. The highest BCUT2D eigenvalue weighted by Crippen LogP contribution is 2.23. The summed E-state index contributed by atoms with van der Waals surface area (Å²) in [5.41, 5.74) is 0. The average molecular weight is 149 g/mol. The van der Waals surface area contributed by atoms with Gasteiger partial charge in [-0.2, -0.15) is 0 Å². The van der Waals surface area contributed by atoms with Crippen LogP contribution in [0.25, 0.3) is 0 Å². The van der Waals surface area contributed by atoms with E-state index >= 15 is 0 Å². The van der Waals surface area contributed by atoms with Gasteiger partial charge in [0.05, 0.1) is 0 Å². The minimum Gasteiger partial charge on any atom is -0.474 e. The molecule has 2 nitrogen and oxygen atoms in total. The van der Waals surface area contributed by atoms with Crippen LogP contribution >= 0.6 is 0 Å². The molecule has 0 saturated heterocycles. The van der Waals surface area contributed by atoms with E-state index < -0.39 is 0 Å². The van der Waals surface area contributed by atoms with Crippen LogP contribution in [0.2, 0.25) is 0 Å². The fourth-order valence-electron chi connectivity index (χ4n) is 1.08. The summed E-state index contributed by atoms with van der Waals surface area (Å²) < 4.78 is 5.54. The van der Waals surface area contributed by atoms with Gasteiger partial charge in [0.15, 0.2) is 0 Å². The Morgan fingerprint density at radius 1 is 1.36 bits per heavy atom. The van der Waals surface area contributed by atoms with E-state index in [1.807, 2.05) is 18.2 Å². The number of hydrogen-bond acceptors (Lipinski definition) is 2. The molecule has 0 atom stereocenters. The van der Waals surface area contributed by atoms with Crippen molar-refractivity contribution in [2.24, 2.45) is 0 Å².